The third-order valence-corrected chi connectivity index (χ3v) is 9.50. The highest BCUT2D eigenvalue weighted by Gasteiger charge is 2.29. The van der Waals surface area contributed by atoms with Crippen LogP contribution in [0.2, 0.25) is 0 Å². The van der Waals surface area contributed by atoms with Gasteiger partial charge in [0.25, 0.3) is 5.91 Å². The SMILES string of the molecule is CCc1cn2c3c(cc(C(=O)N[C@@H](Cc4ccccc4)[C@H](O)CNC(=O)OCc4ccccc4)cc13)N(C)S(=O)(=O)CC2. The normalized spacial score (nSPS) is 15.4. The molecule has 0 aliphatic carbocycles. The summed E-state index contributed by atoms with van der Waals surface area (Å²) in [5, 5.41) is 17.5. The summed E-state index contributed by atoms with van der Waals surface area (Å²) >= 11 is 0. The topological polar surface area (TPSA) is 130 Å². The average molecular weight is 605 g/mol. The molecular weight excluding hydrogens is 568 g/mol. The van der Waals surface area contributed by atoms with Crippen molar-refractivity contribution in [2.75, 3.05) is 23.7 Å². The molecule has 2 amide bonds. The second-order valence-electron chi connectivity index (χ2n) is 10.7. The summed E-state index contributed by atoms with van der Waals surface area (Å²) in [4.78, 5) is 26.1. The Morgan fingerprint density at radius 3 is 2.37 bits per heavy atom. The lowest BCUT2D eigenvalue weighted by Crippen LogP contribution is -2.49. The number of ether oxygens (including phenoxy) is 1. The molecule has 43 heavy (non-hydrogen) atoms. The van der Waals surface area contributed by atoms with Gasteiger partial charge in [-0.25, -0.2) is 13.2 Å². The number of aliphatic hydroxyl groups is 1. The van der Waals surface area contributed by atoms with Gasteiger partial charge in [-0.1, -0.05) is 67.6 Å². The largest absolute Gasteiger partial charge is 0.445 e. The Bertz CT molecular complexity index is 1710. The van der Waals surface area contributed by atoms with Crippen molar-refractivity contribution in [3.8, 4) is 0 Å². The number of carbonyl (C=O) groups excluding carboxylic acids is 2. The van der Waals surface area contributed by atoms with Crippen molar-refractivity contribution >= 4 is 38.6 Å². The lowest BCUT2D eigenvalue weighted by atomic mass is 10.00. The van der Waals surface area contributed by atoms with Crippen LogP contribution in [0.25, 0.3) is 10.9 Å². The Labute approximate surface area is 251 Å². The molecule has 10 nitrogen and oxygen atoms in total. The van der Waals surface area contributed by atoms with Gasteiger partial charge < -0.3 is 25.0 Å². The number of alkyl carbamates (subject to hydrolysis) is 1. The van der Waals surface area contributed by atoms with E-state index in [-0.39, 0.29) is 24.5 Å². The number of nitrogens with zero attached hydrogens (tertiary/aromatic N) is 2. The van der Waals surface area contributed by atoms with E-state index in [2.05, 4.69) is 10.6 Å². The van der Waals surface area contributed by atoms with E-state index in [9.17, 15) is 23.1 Å². The number of hydrogen-bond donors (Lipinski definition) is 3. The van der Waals surface area contributed by atoms with Crippen molar-refractivity contribution in [3.05, 3.63) is 101 Å². The van der Waals surface area contributed by atoms with Crippen LogP contribution in [-0.4, -0.2) is 61.6 Å². The highest BCUT2D eigenvalue weighted by Crippen LogP contribution is 2.35. The Morgan fingerprint density at radius 2 is 1.70 bits per heavy atom. The van der Waals surface area contributed by atoms with E-state index in [1.54, 1.807) is 12.1 Å². The van der Waals surface area contributed by atoms with Gasteiger partial charge in [0.05, 0.1) is 29.1 Å². The van der Waals surface area contributed by atoms with E-state index in [1.165, 1.54) is 11.4 Å². The summed E-state index contributed by atoms with van der Waals surface area (Å²) in [6, 6.07) is 21.2. The van der Waals surface area contributed by atoms with Crippen molar-refractivity contribution in [1.29, 1.82) is 0 Å². The van der Waals surface area contributed by atoms with Crippen LogP contribution in [-0.2, 0) is 40.8 Å². The Morgan fingerprint density at radius 1 is 1.02 bits per heavy atom. The fourth-order valence-electron chi connectivity index (χ4n) is 5.33. The van der Waals surface area contributed by atoms with Gasteiger partial charge in [0.15, 0.2) is 0 Å². The number of rotatable bonds is 10. The maximum atomic E-state index is 13.7. The smallest absolute Gasteiger partial charge is 0.407 e. The molecule has 2 heterocycles. The lowest BCUT2D eigenvalue weighted by molar-refractivity contribution is 0.0818. The Balaban J connectivity index is 1.37. The number of amides is 2. The molecule has 0 radical (unpaired) electrons. The summed E-state index contributed by atoms with van der Waals surface area (Å²) in [7, 11) is -2.07. The number of sulfonamides is 1. The highest BCUT2D eigenvalue weighted by molar-refractivity contribution is 7.92. The van der Waals surface area contributed by atoms with Gasteiger partial charge >= 0.3 is 6.09 Å². The third kappa shape index (κ3) is 6.84. The molecule has 0 saturated carbocycles. The molecule has 1 aromatic heterocycles. The van der Waals surface area contributed by atoms with Gasteiger partial charge in [0, 0.05) is 37.3 Å². The van der Waals surface area contributed by atoms with Crippen LogP contribution in [0.3, 0.4) is 0 Å². The fourth-order valence-corrected chi connectivity index (χ4v) is 6.47. The van der Waals surface area contributed by atoms with Crippen LogP contribution in [0, 0.1) is 0 Å². The van der Waals surface area contributed by atoms with E-state index < -0.39 is 34.2 Å². The predicted molar refractivity (Wildman–Crippen MR) is 166 cm³/mol. The Kier molecular flexibility index (Phi) is 9.02. The Hall–Kier alpha value is -4.35. The van der Waals surface area contributed by atoms with E-state index in [1.807, 2.05) is 78.4 Å². The molecule has 2 atom stereocenters. The number of aryl methyl sites for hydroxylation is 2. The molecule has 0 bridgehead atoms. The molecular formula is C32H36N4O6S. The average Bonchev–Trinajstić information content (AvgIpc) is 3.35. The first kappa shape index (κ1) is 30.1. The molecule has 11 heteroatoms. The van der Waals surface area contributed by atoms with Crippen LogP contribution in [0.15, 0.2) is 79.0 Å². The minimum Gasteiger partial charge on any atom is -0.445 e. The van der Waals surface area contributed by atoms with Gasteiger partial charge in [0.2, 0.25) is 10.0 Å². The molecule has 0 spiro atoms. The number of benzene rings is 3. The summed E-state index contributed by atoms with van der Waals surface area (Å²) in [5.41, 5.74) is 4.21. The van der Waals surface area contributed by atoms with E-state index in [0.717, 1.165) is 27.6 Å². The number of nitrogens with one attached hydrogen (secondary N) is 2. The maximum Gasteiger partial charge on any atom is 0.407 e. The van der Waals surface area contributed by atoms with Crippen LogP contribution >= 0.6 is 0 Å². The zero-order valence-electron chi connectivity index (χ0n) is 24.2. The van der Waals surface area contributed by atoms with Gasteiger partial charge in [-0.2, -0.15) is 0 Å². The van der Waals surface area contributed by atoms with Crippen LogP contribution in [0.4, 0.5) is 10.5 Å². The first-order valence-corrected chi connectivity index (χ1v) is 15.9. The molecule has 4 aromatic rings. The quantitative estimate of drug-likeness (QED) is 0.254. The lowest BCUT2D eigenvalue weighted by Gasteiger charge is -2.25. The fraction of sp³-hybridized carbons (Fsp3) is 0.312. The third-order valence-electron chi connectivity index (χ3n) is 7.77. The molecule has 1 aliphatic heterocycles. The van der Waals surface area contributed by atoms with Crippen molar-refractivity contribution in [1.82, 2.24) is 15.2 Å². The molecule has 5 rings (SSSR count). The number of anilines is 1. The zero-order chi connectivity index (χ0) is 30.6. The number of aliphatic hydroxyl groups excluding tert-OH is 1. The first-order chi connectivity index (χ1) is 20.7. The van der Waals surface area contributed by atoms with Gasteiger partial charge in [0.1, 0.15) is 6.61 Å². The van der Waals surface area contributed by atoms with Crippen molar-refractivity contribution in [2.45, 2.75) is 45.1 Å². The zero-order valence-corrected chi connectivity index (χ0v) is 25.0. The van der Waals surface area contributed by atoms with Crippen molar-refractivity contribution < 1.29 is 27.9 Å². The van der Waals surface area contributed by atoms with E-state index >= 15 is 0 Å². The van der Waals surface area contributed by atoms with Crippen LogP contribution in [0.1, 0.15) is 34.0 Å². The maximum absolute atomic E-state index is 13.7. The second kappa shape index (κ2) is 12.9. The standard InChI is InChI=1S/C32H36N4O6S/c1-3-24-20-36-14-15-43(40,41)35(2)28-18-25(17-26(24)30(28)36)31(38)34-27(16-22-10-6-4-7-11-22)29(37)19-33-32(39)42-21-23-12-8-5-9-13-23/h4-13,17-18,20,27,29,37H,3,14-16,19,21H2,1-2H3,(H,33,39)(H,34,38)/t27-,29+/m0/s1. The molecule has 0 saturated heterocycles. The van der Waals surface area contributed by atoms with Crippen LogP contribution < -0.4 is 14.9 Å². The van der Waals surface area contributed by atoms with Gasteiger partial charge in [-0.3, -0.25) is 9.10 Å². The number of aromatic nitrogens is 1. The molecule has 3 N–H and O–H groups in total. The second-order valence-corrected chi connectivity index (χ2v) is 12.8. The monoisotopic (exact) mass is 604 g/mol. The summed E-state index contributed by atoms with van der Waals surface area (Å²) in [6.07, 6.45) is 1.14. The minimum absolute atomic E-state index is 0.0429. The van der Waals surface area contributed by atoms with Crippen molar-refractivity contribution in [3.63, 3.8) is 0 Å². The van der Waals surface area contributed by atoms with Gasteiger partial charge in [-0.15, -0.1) is 0 Å². The van der Waals surface area contributed by atoms with Gasteiger partial charge in [-0.05, 0) is 41.7 Å². The molecule has 0 unspecified atom stereocenters. The van der Waals surface area contributed by atoms with Crippen LogP contribution in [0.5, 0.6) is 0 Å². The predicted octanol–water partition coefficient (Wildman–Crippen LogP) is 3.61. The summed E-state index contributed by atoms with van der Waals surface area (Å²) in [5.74, 6) is -0.506. The van der Waals surface area contributed by atoms with E-state index in [4.69, 9.17) is 4.74 Å². The van der Waals surface area contributed by atoms with Crippen molar-refractivity contribution in [2.24, 2.45) is 0 Å². The molecule has 0 fully saturated rings. The first-order valence-electron chi connectivity index (χ1n) is 14.3. The van der Waals surface area contributed by atoms with E-state index in [0.29, 0.717) is 25.1 Å². The molecule has 1 aliphatic rings. The minimum atomic E-state index is -3.57. The highest BCUT2D eigenvalue weighted by atomic mass is 32.2. The molecule has 226 valence electrons. The molecule has 3 aromatic carbocycles. The number of hydrogen-bond acceptors (Lipinski definition) is 6. The number of carbonyl (C=O) groups is 2. The summed E-state index contributed by atoms with van der Waals surface area (Å²) < 4.78 is 34.2. The summed E-state index contributed by atoms with van der Waals surface area (Å²) in [6.45, 7) is 2.28.